The second kappa shape index (κ2) is 7.54. The molecule has 2 aromatic carbocycles. The quantitative estimate of drug-likeness (QED) is 0.475. The lowest BCUT2D eigenvalue weighted by Gasteiger charge is -2.27. The maximum Gasteiger partial charge on any atom is 0.345 e. The number of fused-ring (bicyclic) bond motifs is 3. The standard InChI is InChI=1S/C24H23N4OS/c1-4-27-19-9-7-6-8-17(19)25-18-11-10-16(14-20(18)27)15-22-26-24-21(30-22)12-13-23(29-3)28(24)5-2/h6-15H,4-5H2,1-3H3/q+1. The zero-order chi connectivity index (χ0) is 20.7. The summed E-state index contributed by atoms with van der Waals surface area (Å²) in [5.41, 5.74) is 4.27. The van der Waals surface area contributed by atoms with Crippen LogP contribution in [0.4, 0.5) is 17.1 Å². The number of para-hydroxylation sites is 2. The van der Waals surface area contributed by atoms with Crippen LogP contribution in [0, 0.1) is 0 Å². The Labute approximate surface area is 179 Å². The Morgan fingerprint density at radius 2 is 1.93 bits per heavy atom. The van der Waals surface area contributed by atoms with E-state index < -0.39 is 0 Å². The molecule has 150 valence electrons. The Morgan fingerprint density at radius 3 is 2.73 bits per heavy atom. The molecule has 0 saturated carbocycles. The molecule has 0 bridgehead atoms. The van der Waals surface area contributed by atoms with Gasteiger partial charge in [0.05, 0.1) is 36.1 Å². The number of rotatable bonds is 4. The van der Waals surface area contributed by atoms with Crippen molar-refractivity contribution in [3.05, 3.63) is 70.2 Å². The van der Waals surface area contributed by atoms with E-state index >= 15 is 0 Å². The van der Waals surface area contributed by atoms with E-state index in [9.17, 15) is 0 Å². The van der Waals surface area contributed by atoms with Crippen molar-refractivity contribution in [1.29, 1.82) is 0 Å². The van der Waals surface area contributed by atoms with Gasteiger partial charge in [0.1, 0.15) is 4.70 Å². The van der Waals surface area contributed by atoms with Gasteiger partial charge >= 0.3 is 5.65 Å². The third kappa shape index (κ3) is 3.04. The predicted octanol–water partition coefficient (Wildman–Crippen LogP) is 3.86. The molecule has 1 aliphatic heterocycles. The lowest BCUT2D eigenvalue weighted by Crippen LogP contribution is -2.35. The Hall–Kier alpha value is -3.25. The predicted molar refractivity (Wildman–Crippen MR) is 122 cm³/mol. The van der Waals surface area contributed by atoms with E-state index in [1.54, 1.807) is 18.4 Å². The van der Waals surface area contributed by atoms with E-state index in [1.165, 1.54) is 0 Å². The molecule has 0 amide bonds. The summed E-state index contributed by atoms with van der Waals surface area (Å²) < 4.78 is 8.74. The minimum atomic E-state index is 0.814. The number of aryl methyl sites for hydroxylation is 1. The number of anilines is 2. The van der Waals surface area contributed by atoms with Crippen molar-refractivity contribution in [3.63, 3.8) is 0 Å². The van der Waals surface area contributed by atoms with Crippen molar-refractivity contribution < 1.29 is 9.30 Å². The highest BCUT2D eigenvalue weighted by molar-refractivity contribution is 7.19. The van der Waals surface area contributed by atoms with Crippen molar-refractivity contribution in [2.75, 3.05) is 18.6 Å². The molecular weight excluding hydrogens is 392 g/mol. The van der Waals surface area contributed by atoms with Crippen molar-refractivity contribution in [3.8, 4) is 5.88 Å². The normalized spacial score (nSPS) is 13.2. The summed E-state index contributed by atoms with van der Waals surface area (Å²) in [5, 5.41) is 3.11. The zero-order valence-corrected chi connectivity index (χ0v) is 18.1. The molecule has 0 atom stereocenters. The molecule has 0 unspecified atom stereocenters. The molecule has 0 spiro atoms. The number of thiazole rings is 1. The maximum absolute atomic E-state index is 5.49. The van der Waals surface area contributed by atoms with Gasteiger partial charge in [-0.2, -0.15) is 4.57 Å². The van der Waals surface area contributed by atoms with Gasteiger partial charge in [-0.25, -0.2) is 4.99 Å². The van der Waals surface area contributed by atoms with Crippen molar-refractivity contribution in [2.45, 2.75) is 20.4 Å². The Bertz CT molecular complexity index is 1380. The largest absolute Gasteiger partial charge is 0.466 e. The second-order valence-electron chi connectivity index (χ2n) is 7.10. The lowest BCUT2D eigenvalue weighted by molar-refractivity contribution is -0.674. The number of nitrogens with zero attached hydrogens (tertiary/aromatic N) is 4. The smallest absolute Gasteiger partial charge is 0.345 e. The first-order chi connectivity index (χ1) is 14.7. The maximum atomic E-state index is 5.49. The molecule has 0 aliphatic carbocycles. The minimum Gasteiger partial charge on any atom is -0.466 e. The Balaban J connectivity index is 1.63. The van der Waals surface area contributed by atoms with Gasteiger partial charge < -0.3 is 9.64 Å². The molecule has 0 fully saturated rings. The molecular formula is C24H23N4OS+. The first-order valence-electron chi connectivity index (χ1n) is 10.2. The fourth-order valence-corrected chi connectivity index (χ4v) is 4.94. The third-order valence-corrected chi connectivity index (χ3v) is 6.34. The van der Waals surface area contributed by atoms with Gasteiger partial charge in [0.2, 0.25) is 5.01 Å². The summed E-state index contributed by atoms with van der Waals surface area (Å²) in [5.74, 6) is 0.828. The van der Waals surface area contributed by atoms with Crippen LogP contribution in [0.1, 0.15) is 18.9 Å². The fraction of sp³-hybridized carbons (Fsp3) is 0.208. The van der Waals surface area contributed by atoms with Gasteiger partial charge in [0.15, 0.2) is 0 Å². The number of hydrogen-bond acceptors (Lipinski definition) is 5. The summed E-state index contributed by atoms with van der Waals surface area (Å²) in [6.07, 6.45) is 2.14. The number of aromatic nitrogens is 2. The summed E-state index contributed by atoms with van der Waals surface area (Å²) in [7, 11) is 1.70. The molecule has 0 N–H and O–H groups in total. The molecule has 30 heavy (non-hydrogen) atoms. The van der Waals surface area contributed by atoms with E-state index in [2.05, 4.69) is 71.9 Å². The molecule has 0 radical (unpaired) electrons. The summed E-state index contributed by atoms with van der Waals surface area (Å²) in [6, 6.07) is 18.8. The van der Waals surface area contributed by atoms with E-state index in [0.29, 0.717) is 0 Å². The van der Waals surface area contributed by atoms with Crippen molar-refractivity contribution in [2.24, 2.45) is 4.99 Å². The van der Waals surface area contributed by atoms with Crippen LogP contribution in [0.15, 0.2) is 59.6 Å². The number of benzene rings is 2. The van der Waals surface area contributed by atoms with Crippen LogP contribution in [-0.2, 0) is 6.54 Å². The highest BCUT2D eigenvalue weighted by atomic mass is 32.1. The summed E-state index contributed by atoms with van der Waals surface area (Å²) in [6.45, 7) is 5.98. The lowest BCUT2D eigenvalue weighted by atomic mass is 10.1. The van der Waals surface area contributed by atoms with Crippen LogP contribution < -0.4 is 24.8 Å². The molecule has 5 rings (SSSR count). The first-order valence-corrected chi connectivity index (χ1v) is 11.0. The topological polar surface area (TPSA) is 41.6 Å². The van der Waals surface area contributed by atoms with Crippen molar-refractivity contribution in [1.82, 2.24) is 4.98 Å². The van der Waals surface area contributed by atoms with Gasteiger partial charge in [0.25, 0.3) is 5.88 Å². The average Bonchev–Trinajstić information content (AvgIpc) is 3.19. The number of hydrogen-bond donors (Lipinski definition) is 0. The molecule has 0 saturated heterocycles. The van der Waals surface area contributed by atoms with E-state index in [4.69, 9.17) is 14.7 Å². The van der Waals surface area contributed by atoms with Crippen LogP contribution in [-0.4, -0.2) is 18.6 Å². The summed E-state index contributed by atoms with van der Waals surface area (Å²) in [4.78, 5) is 12.1. The van der Waals surface area contributed by atoms with Gasteiger partial charge in [0, 0.05) is 18.7 Å². The molecule has 4 aromatic rings. The van der Waals surface area contributed by atoms with Crippen LogP contribution in [0.3, 0.4) is 0 Å². The fourth-order valence-electron chi connectivity index (χ4n) is 4.00. The van der Waals surface area contributed by atoms with Crippen LogP contribution in [0.2, 0.25) is 0 Å². The minimum absolute atomic E-state index is 0.814. The number of ether oxygens (including phenoxy) is 1. The first kappa shape index (κ1) is 18.8. The average molecular weight is 416 g/mol. The van der Waals surface area contributed by atoms with Gasteiger partial charge in [-0.05, 0) is 54.4 Å². The van der Waals surface area contributed by atoms with Crippen LogP contribution in [0.5, 0.6) is 5.88 Å². The van der Waals surface area contributed by atoms with Crippen LogP contribution >= 0.6 is 11.3 Å². The third-order valence-electron chi connectivity index (χ3n) is 5.39. The van der Waals surface area contributed by atoms with Crippen molar-refractivity contribution >= 4 is 44.8 Å². The second-order valence-corrected chi connectivity index (χ2v) is 8.16. The highest BCUT2D eigenvalue weighted by Gasteiger charge is 2.20. The van der Waals surface area contributed by atoms with Gasteiger partial charge in [-0.15, -0.1) is 0 Å². The Morgan fingerprint density at radius 1 is 1.07 bits per heavy atom. The summed E-state index contributed by atoms with van der Waals surface area (Å²) >= 11 is 1.69. The van der Waals surface area contributed by atoms with Gasteiger partial charge in [-0.3, -0.25) is 0 Å². The monoisotopic (exact) mass is 415 g/mol. The highest BCUT2D eigenvalue weighted by Crippen LogP contribution is 2.34. The number of pyridine rings is 1. The SMILES string of the molecule is CCN1c2ccccc2N=c2cc/c(=C\c3nc4c(ccc(OC)[n+]4CC)s3)cc21. The molecule has 5 nitrogen and oxygen atoms in total. The number of methoxy groups -OCH3 is 1. The molecule has 3 heterocycles. The van der Waals surface area contributed by atoms with Crippen LogP contribution in [0.25, 0.3) is 16.4 Å². The van der Waals surface area contributed by atoms with E-state index in [0.717, 1.165) is 62.0 Å². The van der Waals surface area contributed by atoms with E-state index in [-0.39, 0.29) is 0 Å². The molecule has 6 heteroatoms. The zero-order valence-electron chi connectivity index (χ0n) is 17.3. The Kier molecular flexibility index (Phi) is 4.71. The molecule has 2 aromatic heterocycles. The van der Waals surface area contributed by atoms with E-state index in [1.807, 2.05) is 12.1 Å². The van der Waals surface area contributed by atoms with Gasteiger partial charge in [-0.1, -0.05) is 29.5 Å². The molecule has 1 aliphatic rings.